The fourth-order valence-corrected chi connectivity index (χ4v) is 5.61. The molecule has 0 saturated carbocycles. The number of pyridine rings is 1. The maximum absolute atomic E-state index is 14.5. The number of rotatable bonds is 4. The van der Waals surface area contributed by atoms with E-state index in [4.69, 9.17) is 24.9 Å². The van der Waals surface area contributed by atoms with Crippen molar-refractivity contribution in [1.82, 2.24) is 9.88 Å². The predicted molar refractivity (Wildman–Crippen MR) is 130 cm³/mol. The number of piperidine rings is 1. The molecule has 3 aliphatic heterocycles. The van der Waals surface area contributed by atoms with E-state index in [1.807, 2.05) is 30.3 Å². The number of likely N-dealkylation sites (tertiary alicyclic amines) is 1. The number of amidine groups is 1. The van der Waals surface area contributed by atoms with Crippen molar-refractivity contribution in [1.29, 1.82) is 0 Å². The van der Waals surface area contributed by atoms with Crippen LogP contribution in [0.25, 0.3) is 11.1 Å². The van der Waals surface area contributed by atoms with Crippen LogP contribution in [0, 0.1) is 11.9 Å². The SMILES string of the molecule is COc1ccc(CN2CC[C@@H]3Oc4ccc(-c5cccnc5F)cc4[C@]4(COC(N)=N4)[C@H]3C2)cc1. The summed E-state index contributed by atoms with van der Waals surface area (Å²) in [4.78, 5) is 11.1. The molecule has 3 atom stereocenters. The van der Waals surface area contributed by atoms with Gasteiger partial charge in [-0.1, -0.05) is 18.2 Å². The molecule has 1 saturated heterocycles. The van der Waals surface area contributed by atoms with Crippen molar-refractivity contribution in [3.8, 4) is 22.6 Å². The molecule has 35 heavy (non-hydrogen) atoms. The first-order valence-corrected chi connectivity index (χ1v) is 11.8. The van der Waals surface area contributed by atoms with Crippen LogP contribution in [0.2, 0.25) is 0 Å². The summed E-state index contributed by atoms with van der Waals surface area (Å²) >= 11 is 0. The largest absolute Gasteiger partial charge is 0.497 e. The lowest BCUT2D eigenvalue weighted by Crippen LogP contribution is -2.56. The molecule has 4 heterocycles. The zero-order valence-electron chi connectivity index (χ0n) is 19.5. The van der Waals surface area contributed by atoms with Gasteiger partial charge in [0.1, 0.15) is 29.7 Å². The molecule has 6 rings (SSSR count). The summed E-state index contributed by atoms with van der Waals surface area (Å²) in [6, 6.07) is 17.5. The van der Waals surface area contributed by atoms with Crippen molar-refractivity contribution in [2.45, 2.75) is 24.6 Å². The van der Waals surface area contributed by atoms with Gasteiger partial charge in [0.15, 0.2) is 0 Å². The Morgan fingerprint density at radius 2 is 2.06 bits per heavy atom. The highest BCUT2D eigenvalue weighted by atomic mass is 19.1. The fraction of sp³-hybridized carbons (Fsp3) is 0.333. The Labute approximate surface area is 203 Å². The third-order valence-electron chi connectivity index (χ3n) is 7.36. The van der Waals surface area contributed by atoms with Crippen LogP contribution in [-0.2, 0) is 16.8 Å². The van der Waals surface area contributed by atoms with Crippen LogP contribution in [0.1, 0.15) is 17.5 Å². The minimum absolute atomic E-state index is 0.00570. The summed E-state index contributed by atoms with van der Waals surface area (Å²) in [5.41, 5.74) is 8.65. The van der Waals surface area contributed by atoms with Crippen LogP contribution in [0.5, 0.6) is 11.5 Å². The molecule has 0 radical (unpaired) electrons. The minimum atomic E-state index is -0.685. The number of aromatic nitrogens is 1. The monoisotopic (exact) mass is 474 g/mol. The summed E-state index contributed by atoms with van der Waals surface area (Å²) in [6.07, 6.45) is 2.31. The molecule has 3 aromatic rings. The maximum Gasteiger partial charge on any atom is 0.283 e. The smallest absolute Gasteiger partial charge is 0.283 e. The average molecular weight is 475 g/mol. The Morgan fingerprint density at radius 3 is 2.80 bits per heavy atom. The van der Waals surface area contributed by atoms with Crippen molar-refractivity contribution < 1.29 is 18.6 Å². The van der Waals surface area contributed by atoms with E-state index in [1.54, 1.807) is 19.2 Å². The van der Waals surface area contributed by atoms with Crippen LogP contribution in [-0.4, -0.2) is 48.8 Å². The number of methoxy groups -OCH3 is 1. The highest BCUT2D eigenvalue weighted by Gasteiger charge is 2.55. The zero-order chi connectivity index (χ0) is 24.0. The van der Waals surface area contributed by atoms with Gasteiger partial charge in [-0.3, -0.25) is 4.90 Å². The molecule has 1 spiro atoms. The van der Waals surface area contributed by atoms with Crippen molar-refractivity contribution in [3.63, 3.8) is 0 Å². The number of ether oxygens (including phenoxy) is 3. The first kappa shape index (κ1) is 21.9. The number of nitrogens with two attached hydrogens (primary N) is 1. The lowest BCUT2D eigenvalue weighted by Gasteiger charge is -2.49. The third kappa shape index (κ3) is 3.78. The Bertz CT molecular complexity index is 1280. The number of hydrogen-bond donors (Lipinski definition) is 1. The first-order valence-electron chi connectivity index (χ1n) is 11.8. The van der Waals surface area contributed by atoms with Crippen molar-refractivity contribution >= 4 is 6.02 Å². The molecule has 1 fully saturated rings. The Morgan fingerprint density at radius 1 is 1.20 bits per heavy atom. The molecule has 2 N–H and O–H groups in total. The quantitative estimate of drug-likeness (QED) is 0.581. The second-order valence-electron chi connectivity index (χ2n) is 9.35. The van der Waals surface area contributed by atoms with Gasteiger partial charge in [0.25, 0.3) is 6.02 Å². The fourth-order valence-electron chi connectivity index (χ4n) is 5.61. The van der Waals surface area contributed by atoms with Gasteiger partial charge >= 0.3 is 0 Å². The molecule has 2 aromatic carbocycles. The second-order valence-corrected chi connectivity index (χ2v) is 9.35. The molecule has 7 nitrogen and oxygen atoms in total. The van der Waals surface area contributed by atoms with Gasteiger partial charge in [-0.2, -0.15) is 4.39 Å². The molecular weight excluding hydrogens is 447 g/mol. The van der Waals surface area contributed by atoms with Crippen LogP contribution in [0.3, 0.4) is 0 Å². The van der Waals surface area contributed by atoms with E-state index < -0.39 is 11.5 Å². The topological polar surface area (TPSA) is 82.2 Å². The lowest BCUT2D eigenvalue weighted by atomic mass is 9.71. The van der Waals surface area contributed by atoms with Crippen LogP contribution in [0.15, 0.2) is 65.8 Å². The van der Waals surface area contributed by atoms with Gasteiger partial charge in [-0.25, -0.2) is 9.98 Å². The maximum atomic E-state index is 14.5. The molecule has 0 amide bonds. The molecular formula is C27H27FN4O3. The lowest BCUT2D eigenvalue weighted by molar-refractivity contribution is -0.0256. The summed E-state index contributed by atoms with van der Waals surface area (Å²) < 4.78 is 32.0. The molecule has 0 aliphatic carbocycles. The Hall–Kier alpha value is -3.65. The van der Waals surface area contributed by atoms with E-state index in [9.17, 15) is 4.39 Å². The Balaban J connectivity index is 1.35. The van der Waals surface area contributed by atoms with Crippen LogP contribution >= 0.6 is 0 Å². The second kappa shape index (κ2) is 8.53. The van der Waals surface area contributed by atoms with Crippen LogP contribution < -0.4 is 15.2 Å². The van der Waals surface area contributed by atoms with Gasteiger partial charge in [-0.15, -0.1) is 0 Å². The van der Waals surface area contributed by atoms with Gasteiger partial charge in [0.05, 0.1) is 7.11 Å². The minimum Gasteiger partial charge on any atom is -0.497 e. The zero-order valence-corrected chi connectivity index (χ0v) is 19.5. The normalized spacial score (nSPS) is 25.3. The number of benzene rings is 2. The van der Waals surface area contributed by atoms with E-state index in [1.165, 1.54) is 11.8 Å². The van der Waals surface area contributed by atoms with Gasteiger partial charge in [0.2, 0.25) is 5.95 Å². The van der Waals surface area contributed by atoms with Gasteiger partial charge in [-0.05, 0) is 53.9 Å². The standard InChI is InChI=1S/C27H27FN4O3/c1-33-19-7-4-17(5-8-19)14-32-12-10-24-22(15-32)27(16-34-26(29)31-27)21-13-18(6-9-23(21)35-24)20-3-2-11-30-25(20)28/h2-9,11,13,22,24H,10,12,14-16H2,1H3,(H2,29,31)/t22-,24-,27+/m0/s1. The van der Waals surface area contributed by atoms with Crippen molar-refractivity contribution in [3.05, 3.63) is 77.9 Å². The highest BCUT2D eigenvalue weighted by molar-refractivity contribution is 5.75. The summed E-state index contributed by atoms with van der Waals surface area (Å²) in [5, 5.41) is 0. The van der Waals surface area contributed by atoms with E-state index in [2.05, 4.69) is 22.0 Å². The molecule has 8 heteroatoms. The molecule has 180 valence electrons. The van der Waals surface area contributed by atoms with E-state index in [0.717, 1.165) is 48.7 Å². The van der Waals surface area contributed by atoms with Gasteiger partial charge < -0.3 is 19.9 Å². The molecule has 3 aliphatic rings. The average Bonchev–Trinajstić information content (AvgIpc) is 3.27. The molecule has 0 bridgehead atoms. The van der Waals surface area contributed by atoms with Crippen molar-refractivity contribution in [2.75, 3.05) is 26.8 Å². The molecule has 0 unspecified atom stereocenters. The first-order chi connectivity index (χ1) is 17.1. The number of aliphatic imine (C=N–C) groups is 1. The van der Waals surface area contributed by atoms with E-state index >= 15 is 0 Å². The van der Waals surface area contributed by atoms with Gasteiger partial charge in [0, 0.05) is 42.9 Å². The summed E-state index contributed by atoms with van der Waals surface area (Å²) in [5.74, 6) is 1.13. The predicted octanol–water partition coefficient (Wildman–Crippen LogP) is 3.72. The third-order valence-corrected chi connectivity index (χ3v) is 7.36. The summed E-state index contributed by atoms with van der Waals surface area (Å²) in [6.45, 7) is 2.85. The number of fused-ring (bicyclic) bond motifs is 4. The number of hydrogen-bond acceptors (Lipinski definition) is 7. The Kier molecular flexibility index (Phi) is 5.33. The summed E-state index contributed by atoms with van der Waals surface area (Å²) in [7, 11) is 1.67. The number of halogens is 1. The van der Waals surface area contributed by atoms with Crippen LogP contribution in [0.4, 0.5) is 4.39 Å². The van der Waals surface area contributed by atoms with E-state index in [-0.39, 0.29) is 18.0 Å². The van der Waals surface area contributed by atoms with E-state index in [0.29, 0.717) is 12.2 Å². The molecule has 1 aromatic heterocycles. The van der Waals surface area contributed by atoms with Crippen molar-refractivity contribution in [2.24, 2.45) is 16.6 Å². The number of nitrogens with zero attached hydrogens (tertiary/aromatic N) is 3. The highest BCUT2D eigenvalue weighted by Crippen LogP contribution is 2.51.